The molecule has 0 aliphatic rings. The molecule has 134 valence electrons. The van der Waals surface area contributed by atoms with Gasteiger partial charge in [-0.05, 0) is 36.8 Å². The van der Waals surface area contributed by atoms with Crippen molar-refractivity contribution >= 4 is 34.9 Å². The van der Waals surface area contributed by atoms with Gasteiger partial charge in [-0.3, -0.25) is 4.79 Å². The number of benzene rings is 2. The average molecular weight is 390 g/mol. The third kappa shape index (κ3) is 4.56. The highest BCUT2D eigenvalue weighted by molar-refractivity contribution is 6.31. The molecule has 1 amide bonds. The number of amides is 1. The van der Waals surface area contributed by atoms with Gasteiger partial charge >= 0.3 is 0 Å². The summed E-state index contributed by atoms with van der Waals surface area (Å²) in [5.74, 6) is 0.812. The van der Waals surface area contributed by atoms with Gasteiger partial charge in [0, 0.05) is 16.1 Å². The fraction of sp³-hybridized carbons (Fsp3) is 0.158. The first-order valence-electron chi connectivity index (χ1n) is 8.01. The summed E-state index contributed by atoms with van der Waals surface area (Å²) in [6, 6.07) is 16.1. The van der Waals surface area contributed by atoms with E-state index in [4.69, 9.17) is 27.9 Å². The first kappa shape index (κ1) is 18.3. The van der Waals surface area contributed by atoms with Crippen LogP contribution in [0.25, 0.3) is 0 Å². The number of anilines is 1. The summed E-state index contributed by atoms with van der Waals surface area (Å²) in [6.07, 6.45) is 0.923. The van der Waals surface area contributed by atoms with E-state index in [2.05, 4.69) is 10.4 Å². The van der Waals surface area contributed by atoms with Crippen LogP contribution in [0.15, 0.2) is 60.8 Å². The normalized spacial score (nSPS) is 11.8. The highest BCUT2D eigenvalue weighted by Gasteiger charge is 2.17. The zero-order valence-corrected chi connectivity index (χ0v) is 15.5. The third-order valence-electron chi connectivity index (χ3n) is 3.72. The van der Waals surface area contributed by atoms with Gasteiger partial charge in [-0.15, -0.1) is 0 Å². The number of ether oxygens (including phenoxy) is 1. The fourth-order valence-corrected chi connectivity index (χ4v) is 2.75. The second-order valence-corrected chi connectivity index (χ2v) is 6.52. The SMILES string of the molecule is CC(Oc1cccc(Cl)c1)C(=O)Nc1ccnn1Cc1ccccc1Cl. The van der Waals surface area contributed by atoms with Crippen molar-refractivity contribution < 1.29 is 9.53 Å². The van der Waals surface area contributed by atoms with E-state index in [0.29, 0.717) is 28.2 Å². The number of carbonyl (C=O) groups is 1. The quantitative estimate of drug-likeness (QED) is 0.667. The molecule has 0 saturated carbocycles. The lowest BCUT2D eigenvalue weighted by Crippen LogP contribution is -2.31. The van der Waals surface area contributed by atoms with Crippen LogP contribution in [0.4, 0.5) is 5.82 Å². The van der Waals surface area contributed by atoms with E-state index in [-0.39, 0.29) is 5.91 Å². The van der Waals surface area contributed by atoms with Crippen LogP contribution in [0.3, 0.4) is 0 Å². The summed E-state index contributed by atoms with van der Waals surface area (Å²) < 4.78 is 7.31. The smallest absolute Gasteiger partial charge is 0.266 e. The zero-order valence-electron chi connectivity index (χ0n) is 14.0. The van der Waals surface area contributed by atoms with E-state index in [9.17, 15) is 4.79 Å². The van der Waals surface area contributed by atoms with Gasteiger partial charge in [0.05, 0.1) is 12.7 Å². The first-order chi connectivity index (χ1) is 12.5. The van der Waals surface area contributed by atoms with Gasteiger partial charge < -0.3 is 10.1 Å². The second kappa shape index (κ2) is 8.25. The number of rotatable bonds is 6. The average Bonchev–Trinajstić information content (AvgIpc) is 3.03. The molecule has 1 N–H and O–H groups in total. The minimum absolute atomic E-state index is 0.286. The van der Waals surface area contributed by atoms with Crippen LogP contribution in [0.1, 0.15) is 12.5 Å². The molecule has 1 aromatic heterocycles. The molecule has 0 fully saturated rings. The largest absolute Gasteiger partial charge is 0.481 e. The first-order valence-corrected chi connectivity index (χ1v) is 8.77. The molecule has 2 aromatic carbocycles. The Balaban J connectivity index is 1.66. The van der Waals surface area contributed by atoms with Crippen LogP contribution in [-0.4, -0.2) is 21.8 Å². The molecule has 0 bridgehead atoms. The van der Waals surface area contributed by atoms with E-state index in [0.717, 1.165) is 5.56 Å². The maximum Gasteiger partial charge on any atom is 0.266 e. The molecule has 1 atom stereocenters. The van der Waals surface area contributed by atoms with E-state index in [1.54, 1.807) is 48.1 Å². The molecule has 7 heteroatoms. The predicted molar refractivity (Wildman–Crippen MR) is 103 cm³/mol. The third-order valence-corrected chi connectivity index (χ3v) is 4.33. The van der Waals surface area contributed by atoms with Crippen molar-refractivity contribution in [1.29, 1.82) is 0 Å². The van der Waals surface area contributed by atoms with Crippen LogP contribution < -0.4 is 10.1 Å². The zero-order chi connectivity index (χ0) is 18.5. The Hall–Kier alpha value is -2.50. The highest BCUT2D eigenvalue weighted by Crippen LogP contribution is 2.20. The Kier molecular flexibility index (Phi) is 5.81. The van der Waals surface area contributed by atoms with Crippen LogP contribution in [0, 0.1) is 0 Å². The molecular weight excluding hydrogens is 373 g/mol. The lowest BCUT2D eigenvalue weighted by molar-refractivity contribution is -0.122. The summed E-state index contributed by atoms with van der Waals surface area (Å²) in [6.45, 7) is 2.12. The molecule has 0 spiro atoms. The number of carbonyl (C=O) groups excluding carboxylic acids is 1. The second-order valence-electron chi connectivity index (χ2n) is 5.67. The number of aromatic nitrogens is 2. The van der Waals surface area contributed by atoms with Gasteiger partial charge in [-0.1, -0.05) is 47.5 Å². The highest BCUT2D eigenvalue weighted by atomic mass is 35.5. The predicted octanol–water partition coefficient (Wildman–Crippen LogP) is 4.64. The summed E-state index contributed by atoms with van der Waals surface area (Å²) in [4.78, 5) is 12.4. The minimum atomic E-state index is -0.697. The molecule has 0 radical (unpaired) electrons. The molecule has 3 aromatic rings. The van der Waals surface area contributed by atoms with Crippen molar-refractivity contribution in [1.82, 2.24) is 9.78 Å². The maximum absolute atomic E-state index is 12.4. The van der Waals surface area contributed by atoms with Crippen LogP contribution in [-0.2, 0) is 11.3 Å². The fourth-order valence-electron chi connectivity index (χ4n) is 2.38. The van der Waals surface area contributed by atoms with Gasteiger partial charge in [0.1, 0.15) is 11.6 Å². The van der Waals surface area contributed by atoms with E-state index in [1.165, 1.54) is 0 Å². The van der Waals surface area contributed by atoms with Crippen molar-refractivity contribution in [3.05, 3.63) is 76.4 Å². The minimum Gasteiger partial charge on any atom is -0.481 e. The molecule has 1 unspecified atom stereocenters. The van der Waals surface area contributed by atoms with Gasteiger partial charge in [-0.25, -0.2) is 4.68 Å². The summed E-state index contributed by atoms with van der Waals surface area (Å²) in [5, 5.41) is 8.27. The van der Waals surface area contributed by atoms with Gasteiger partial charge in [0.15, 0.2) is 6.10 Å². The number of hydrogen-bond acceptors (Lipinski definition) is 3. The maximum atomic E-state index is 12.4. The Morgan fingerprint density at radius 2 is 2.00 bits per heavy atom. The Labute approximate surface area is 161 Å². The van der Waals surface area contributed by atoms with Crippen molar-refractivity contribution in [3.63, 3.8) is 0 Å². The van der Waals surface area contributed by atoms with Gasteiger partial charge in [-0.2, -0.15) is 5.10 Å². The number of nitrogens with zero attached hydrogens (tertiary/aromatic N) is 2. The van der Waals surface area contributed by atoms with Crippen molar-refractivity contribution in [2.75, 3.05) is 5.32 Å². The number of halogens is 2. The van der Waals surface area contributed by atoms with E-state index < -0.39 is 6.10 Å². The van der Waals surface area contributed by atoms with Crippen molar-refractivity contribution in [2.45, 2.75) is 19.6 Å². The molecule has 26 heavy (non-hydrogen) atoms. The standard InChI is InChI=1S/C19H17Cl2N3O2/c1-13(26-16-7-4-6-15(20)11-16)19(25)23-18-9-10-22-24(18)12-14-5-2-3-8-17(14)21/h2-11,13H,12H2,1H3,(H,23,25). The summed E-state index contributed by atoms with van der Waals surface area (Å²) >= 11 is 12.1. The molecule has 0 aliphatic heterocycles. The summed E-state index contributed by atoms with van der Waals surface area (Å²) in [7, 11) is 0. The van der Waals surface area contributed by atoms with E-state index in [1.807, 2.05) is 24.3 Å². The summed E-state index contributed by atoms with van der Waals surface area (Å²) in [5.41, 5.74) is 0.914. The topological polar surface area (TPSA) is 56.1 Å². The van der Waals surface area contributed by atoms with Crippen molar-refractivity contribution in [2.24, 2.45) is 0 Å². The molecule has 1 heterocycles. The Morgan fingerprint density at radius 1 is 1.19 bits per heavy atom. The van der Waals surface area contributed by atoms with Crippen LogP contribution >= 0.6 is 23.2 Å². The number of nitrogens with one attached hydrogen (secondary N) is 1. The molecule has 5 nitrogen and oxygen atoms in total. The number of hydrogen-bond donors (Lipinski definition) is 1. The lowest BCUT2D eigenvalue weighted by atomic mass is 10.2. The molecule has 0 saturated heterocycles. The van der Waals surface area contributed by atoms with Crippen LogP contribution in [0.2, 0.25) is 10.0 Å². The Morgan fingerprint density at radius 3 is 2.77 bits per heavy atom. The molecule has 3 rings (SSSR count). The van der Waals surface area contributed by atoms with Crippen LogP contribution in [0.5, 0.6) is 5.75 Å². The van der Waals surface area contributed by atoms with Gasteiger partial charge in [0.2, 0.25) is 0 Å². The van der Waals surface area contributed by atoms with Crippen molar-refractivity contribution in [3.8, 4) is 5.75 Å². The molecule has 0 aliphatic carbocycles. The van der Waals surface area contributed by atoms with Gasteiger partial charge in [0.25, 0.3) is 5.91 Å². The monoisotopic (exact) mass is 389 g/mol. The Bertz CT molecular complexity index is 911. The lowest BCUT2D eigenvalue weighted by Gasteiger charge is -2.16. The van der Waals surface area contributed by atoms with E-state index >= 15 is 0 Å². The molecular formula is C19H17Cl2N3O2.